The maximum absolute atomic E-state index is 4.82. The molecule has 3 nitrogen and oxygen atoms in total. The minimum Gasteiger partial charge on any atom is -0.366 e. The first-order valence-electron chi connectivity index (χ1n) is 7.89. The molecule has 3 aliphatic rings. The fraction of sp³-hybridized carbons (Fsp3) is 0.688. The Bertz CT molecular complexity index is 471. The number of nitrogens with one attached hydrogen (secondary N) is 1. The van der Waals surface area contributed by atoms with E-state index in [9.17, 15) is 0 Å². The van der Waals surface area contributed by atoms with Crippen LogP contribution in [0.15, 0.2) is 12.1 Å². The zero-order chi connectivity index (χ0) is 12.7. The number of aryl methyl sites for hydroxylation is 2. The summed E-state index contributed by atoms with van der Waals surface area (Å²) in [5.41, 5.74) is 2.81. The van der Waals surface area contributed by atoms with Gasteiger partial charge in [0.1, 0.15) is 5.82 Å². The third-order valence-corrected chi connectivity index (χ3v) is 5.12. The van der Waals surface area contributed by atoms with Crippen LogP contribution in [0.1, 0.15) is 43.4 Å². The molecule has 102 valence electrons. The van der Waals surface area contributed by atoms with Crippen molar-refractivity contribution in [2.24, 2.45) is 0 Å². The lowest BCUT2D eigenvalue weighted by Crippen LogP contribution is -2.41. The van der Waals surface area contributed by atoms with Crippen molar-refractivity contribution < 1.29 is 0 Å². The number of hydrogen-bond donors (Lipinski definition) is 1. The molecule has 2 atom stereocenters. The maximum atomic E-state index is 4.82. The summed E-state index contributed by atoms with van der Waals surface area (Å²) in [4.78, 5) is 7.50. The number of hydrogen-bond acceptors (Lipinski definition) is 3. The summed E-state index contributed by atoms with van der Waals surface area (Å²) in [6.45, 7) is 2.58. The molecule has 3 heterocycles. The zero-order valence-electron chi connectivity index (χ0n) is 11.6. The van der Waals surface area contributed by atoms with Crippen LogP contribution in [0, 0.1) is 0 Å². The molecule has 3 heteroatoms. The van der Waals surface area contributed by atoms with Gasteiger partial charge in [-0.3, -0.25) is 4.90 Å². The van der Waals surface area contributed by atoms with E-state index in [0.717, 1.165) is 11.9 Å². The van der Waals surface area contributed by atoms with Crippen LogP contribution >= 0.6 is 0 Å². The van der Waals surface area contributed by atoms with Crippen molar-refractivity contribution >= 4 is 5.82 Å². The van der Waals surface area contributed by atoms with Gasteiger partial charge in [0.2, 0.25) is 0 Å². The summed E-state index contributed by atoms with van der Waals surface area (Å²) < 4.78 is 0. The van der Waals surface area contributed by atoms with Gasteiger partial charge in [-0.2, -0.15) is 0 Å². The molecular weight excluding hydrogens is 234 g/mol. The predicted molar refractivity (Wildman–Crippen MR) is 77.5 cm³/mol. The number of pyridine rings is 1. The lowest BCUT2D eigenvalue weighted by molar-refractivity contribution is 0.192. The van der Waals surface area contributed by atoms with E-state index in [1.165, 1.54) is 69.3 Å². The molecule has 1 aromatic rings. The van der Waals surface area contributed by atoms with Crippen molar-refractivity contribution in [3.05, 3.63) is 23.4 Å². The van der Waals surface area contributed by atoms with Crippen LogP contribution in [0.3, 0.4) is 0 Å². The van der Waals surface area contributed by atoms with Crippen molar-refractivity contribution in [2.75, 3.05) is 18.4 Å². The Morgan fingerprint density at radius 1 is 1.05 bits per heavy atom. The maximum Gasteiger partial charge on any atom is 0.126 e. The zero-order valence-corrected chi connectivity index (χ0v) is 11.6. The molecule has 1 aromatic heterocycles. The van der Waals surface area contributed by atoms with Gasteiger partial charge in [0.05, 0.1) is 0 Å². The highest BCUT2D eigenvalue weighted by Crippen LogP contribution is 2.29. The fourth-order valence-electron chi connectivity index (χ4n) is 4.11. The van der Waals surface area contributed by atoms with E-state index in [1.54, 1.807) is 0 Å². The second-order valence-electron chi connectivity index (χ2n) is 6.29. The normalized spacial score (nSPS) is 30.1. The van der Waals surface area contributed by atoms with Gasteiger partial charge in [-0.05, 0) is 56.7 Å². The van der Waals surface area contributed by atoms with E-state index in [1.807, 2.05) is 0 Å². The van der Waals surface area contributed by atoms with E-state index in [-0.39, 0.29) is 0 Å². The SMILES string of the molecule is c1cc2c(nc1NC1CCN3CCCCC13)CCC2. The van der Waals surface area contributed by atoms with Crippen molar-refractivity contribution in [1.82, 2.24) is 9.88 Å². The van der Waals surface area contributed by atoms with Crippen molar-refractivity contribution in [3.8, 4) is 0 Å². The monoisotopic (exact) mass is 257 g/mol. The highest BCUT2D eigenvalue weighted by atomic mass is 15.2. The third kappa shape index (κ3) is 2.14. The van der Waals surface area contributed by atoms with Crippen LogP contribution in [-0.2, 0) is 12.8 Å². The Balaban J connectivity index is 1.49. The average Bonchev–Trinajstić information content (AvgIpc) is 3.06. The van der Waals surface area contributed by atoms with E-state index >= 15 is 0 Å². The Morgan fingerprint density at radius 2 is 2.05 bits per heavy atom. The average molecular weight is 257 g/mol. The van der Waals surface area contributed by atoms with Gasteiger partial charge < -0.3 is 5.32 Å². The smallest absolute Gasteiger partial charge is 0.126 e. The summed E-state index contributed by atoms with van der Waals surface area (Å²) in [5, 5.41) is 3.72. The van der Waals surface area contributed by atoms with Crippen molar-refractivity contribution in [2.45, 2.75) is 57.0 Å². The second kappa shape index (κ2) is 4.78. The largest absolute Gasteiger partial charge is 0.366 e. The van der Waals surface area contributed by atoms with Gasteiger partial charge in [-0.25, -0.2) is 4.98 Å². The lowest BCUT2D eigenvalue weighted by atomic mass is 9.99. The predicted octanol–water partition coefficient (Wildman–Crippen LogP) is 2.61. The molecule has 0 aromatic carbocycles. The van der Waals surface area contributed by atoms with Gasteiger partial charge in [0.15, 0.2) is 0 Å². The first-order valence-corrected chi connectivity index (χ1v) is 7.89. The molecule has 0 spiro atoms. The highest BCUT2D eigenvalue weighted by Gasteiger charge is 2.35. The molecule has 4 rings (SSSR count). The standard InChI is InChI=1S/C16H23N3/c1-2-10-19-11-9-14(15(19)6-1)18-16-8-7-12-4-3-5-13(12)17-16/h7-8,14-15H,1-6,9-11H2,(H,17,18). The van der Waals surface area contributed by atoms with E-state index in [2.05, 4.69) is 22.3 Å². The van der Waals surface area contributed by atoms with Crippen LogP contribution < -0.4 is 5.32 Å². The molecule has 0 amide bonds. The Hall–Kier alpha value is -1.09. The molecule has 1 N–H and O–H groups in total. The Labute approximate surface area is 115 Å². The molecular formula is C16H23N3. The number of piperidine rings is 1. The summed E-state index contributed by atoms with van der Waals surface area (Å²) in [5.74, 6) is 1.11. The van der Waals surface area contributed by atoms with Crippen LogP contribution in [0.25, 0.3) is 0 Å². The molecule has 2 unspecified atom stereocenters. The van der Waals surface area contributed by atoms with Gasteiger partial charge in [-0.1, -0.05) is 12.5 Å². The minimum atomic E-state index is 0.618. The molecule has 1 aliphatic carbocycles. The minimum absolute atomic E-state index is 0.618. The molecule has 0 bridgehead atoms. The van der Waals surface area contributed by atoms with E-state index in [4.69, 9.17) is 4.98 Å². The topological polar surface area (TPSA) is 28.2 Å². The summed E-state index contributed by atoms with van der Waals surface area (Å²) in [7, 11) is 0. The van der Waals surface area contributed by atoms with Crippen LogP contribution in [0.2, 0.25) is 0 Å². The van der Waals surface area contributed by atoms with E-state index in [0.29, 0.717) is 6.04 Å². The van der Waals surface area contributed by atoms with Gasteiger partial charge in [0, 0.05) is 24.3 Å². The van der Waals surface area contributed by atoms with Crippen LogP contribution in [0.4, 0.5) is 5.82 Å². The van der Waals surface area contributed by atoms with Crippen molar-refractivity contribution in [3.63, 3.8) is 0 Å². The van der Waals surface area contributed by atoms with E-state index < -0.39 is 0 Å². The molecule has 2 saturated heterocycles. The quantitative estimate of drug-likeness (QED) is 0.882. The molecule has 0 radical (unpaired) electrons. The number of anilines is 1. The molecule has 0 saturated carbocycles. The number of nitrogens with zero attached hydrogens (tertiary/aromatic N) is 2. The number of rotatable bonds is 2. The fourth-order valence-corrected chi connectivity index (χ4v) is 4.11. The first kappa shape index (κ1) is 11.7. The molecule has 19 heavy (non-hydrogen) atoms. The molecule has 2 fully saturated rings. The Kier molecular flexibility index (Phi) is 2.95. The van der Waals surface area contributed by atoms with Crippen molar-refractivity contribution in [1.29, 1.82) is 0 Å². The van der Waals surface area contributed by atoms with Crippen LogP contribution in [-0.4, -0.2) is 35.1 Å². The Morgan fingerprint density at radius 3 is 3.05 bits per heavy atom. The molecule has 2 aliphatic heterocycles. The number of fused-ring (bicyclic) bond motifs is 2. The second-order valence-corrected chi connectivity index (χ2v) is 6.29. The summed E-state index contributed by atoms with van der Waals surface area (Å²) in [6.07, 6.45) is 9.11. The van der Waals surface area contributed by atoms with Gasteiger partial charge in [0.25, 0.3) is 0 Å². The highest BCUT2D eigenvalue weighted by molar-refractivity contribution is 5.41. The van der Waals surface area contributed by atoms with Gasteiger partial charge in [-0.15, -0.1) is 0 Å². The van der Waals surface area contributed by atoms with Gasteiger partial charge >= 0.3 is 0 Å². The lowest BCUT2D eigenvalue weighted by Gasteiger charge is -2.32. The first-order chi connectivity index (χ1) is 9.40. The third-order valence-electron chi connectivity index (χ3n) is 5.12. The number of aromatic nitrogens is 1. The summed E-state index contributed by atoms with van der Waals surface area (Å²) >= 11 is 0. The summed E-state index contributed by atoms with van der Waals surface area (Å²) in [6, 6.07) is 5.84. The van der Waals surface area contributed by atoms with Crippen LogP contribution in [0.5, 0.6) is 0 Å².